The number of hydrogen-bond donors (Lipinski definition) is 2. The topological polar surface area (TPSA) is 66.0 Å². The largest absolute Gasteiger partial charge is 0.379 e. The number of hydrogen-bond acceptors (Lipinski definition) is 3. The molecule has 164 valence electrons. The predicted molar refractivity (Wildman–Crippen MR) is 130 cm³/mol. The molecule has 1 atom stereocenters. The van der Waals surface area contributed by atoms with Crippen LogP contribution in [0.15, 0.2) is 29.3 Å². The van der Waals surface area contributed by atoms with Gasteiger partial charge in [-0.1, -0.05) is 19.1 Å². The van der Waals surface area contributed by atoms with Crippen LogP contribution in [0.5, 0.6) is 0 Å². The maximum atomic E-state index is 12.2. The Morgan fingerprint density at radius 1 is 1.28 bits per heavy atom. The van der Waals surface area contributed by atoms with Crippen LogP contribution in [0.25, 0.3) is 0 Å². The first-order valence-electron chi connectivity index (χ1n) is 10.5. The Labute approximate surface area is 192 Å². The standard InChI is InChI=1S/C22H36N4O2.HI/c1-5-17(3)25-21(27)20-11-9-18(10-12-20)15-24-22(23-6-2)26(4)13-14-28-16-19-7-8-19;/h9-12,17,19H,5-8,13-16H2,1-4H3,(H,23,24)(H,25,27);1H. The van der Waals surface area contributed by atoms with Crippen molar-refractivity contribution in [1.29, 1.82) is 0 Å². The van der Waals surface area contributed by atoms with Gasteiger partial charge < -0.3 is 20.3 Å². The molecule has 1 unspecified atom stereocenters. The van der Waals surface area contributed by atoms with Crippen molar-refractivity contribution in [1.82, 2.24) is 15.5 Å². The second-order valence-electron chi connectivity index (χ2n) is 7.59. The first-order chi connectivity index (χ1) is 13.5. The first kappa shape index (κ1) is 25.7. The summed E-state index contributed by atoms with van der Waals surface area (Å²) >= 11 is 0. The third-order valence-electron chi connectivity index (χ3n) is 4.94. The van der Waals surface area contributed by atoms with Gasteiger partial charge in [0.2, 0.25) is 0 Å². The Bertz CT molecular complexity index is 632. The Morgan fingerprint density at radius 2 is 1.97 bits per heavy atom. The fraction of sp³-hybridized carbons (Fsp3) is 0.636. The van der Waals surface area contributed by atoms with Crippen molar-refractivity contribution in [3.05, 3.63) is 35.4 Å². The van der Waals surface area contributed by atoms with Crippen molar-refractivity contribution in [3.8, 4) is 0 Å². The highest BCUT2D eigenvalue weighted by molar-refractivity contribution is 14.0. The summed E-state index contributed by atoms with van der Waals surface area (Å²) < 4.78 is 5.73. The maximum Gasteiger partial charge on any atom is 0.251 e. The van der Waals surface area contributed by atoms with Crippen molar-refractivity contribution >= 4 is 35.8 Å². The second-order valence-corrected chi connectivity index (χ2v) is 7.59. The second kappa shape index (κ2) is 13.8. The summed E-state index contributed by atoms with van der Waals surface area (Å²) in [5, 5.41) is 6.32. The van der Waals surface area contributed by atoms with E-state index < -0.39 is 0 Å². The third kappa shape index (κ3) is 9.80. The number of ether oxygens (including phenoxy) is 1. The van der Waals surface area contributed by atoms with Crippen molar-refractivity contribution in [2.45, 2.75) is 52.6 Å². The van der Waals surface area contributed by atoms with Gasteiger partial charge in [-0.15, -0.1) is 24.0 Å². The van der Waals surface area contributed by atoms with E-state index >= 15 is 0 Å². The zero-order chi connectivity index (χ0) is 20.4. The lowest BCUT2D eigenvalue weighted by atomic mass is 10.1. The van der Waals surface area contributed by atoms with E-state index in [9.17, 15) is 4.79 Å². The molecule has 1 amide bonds. The molecule has 1 aromatic carbocycles. The summed E-state index contributed by atoms with van der Waals surface area (Å²) in [6, 6.07) is 7.85. The Hall–Kier alpha value is -1.35. The number of amides is 1. The van der Waals surface area contributed by atoms with Crippen LogP contribution in [0.4, 0.5) is 0 Å². The van der Waals surface area contributed by atoms with Crippen LogP contribution in [-0.4, -0.2) is 56.2 Å². The number of benzene rings is 1. The van der Waals surface area contributed by atoms with Crippen LogP contribution in [0.3, 0.4) is 0 Å². The van der Waals surface area contributed by atoms with Gasteiger partial charge in [-0.3, -0.25) is 4.79 Å². The normalized spacial score (nSPS) is 14.7. The van der Waals surface area contributed by atoms with E-state index in [1.807, 2.05) is 38.2 Å². The molecule has 6 nitrogen and oxygen atoms in total. The highest BCUT2D eigenvalue weighted by atomic mass is 127. The highest BCUT2D eigenvalue weighted by Crippen LogP contribution is 2.28. The molecule has 1 aromatic rings. The van der Waals surface area contributed by atoms with Crippen LogP contribution in [0, 0.1) is 5.92 Å². The molecule has 1 fully saturated rings. The van der Waals surface area contributed by atoms with Gasteiger partial charge in [0.05, 0.1) is 13.2 Å². The monoisotopic (exact) mass is 516 g/mol. The lowest BCUT2D eigenvalue weighted by Gasteiger charge is -2.22. The molecule has 1 saturated carbocycles. The minimum absolute atomic E-state index is 0. The highest BCUT2D eigenvalue weighted by Gasteiger charge is 2.21. The van der Waals surface area contributed by atoms with Gasteiger partial charge >= 0.3 is 0 Å². The minimum atomic E-state index is -0.0244. The van der Waals surface area contributed by atoms with E-state index in [0.717, 1.165) is 50.2 Å². The Balaban J connectivity index is 0.00000420. The molecule has 7 heteroatoms. The van der Waals surface area contributed by atoms with Crippen molar-refractivity contribution in [2.75, 3.05) is 33.4 Å². The molecule has 0 bridgehead atoms. The van der Waals surface area contributed by atoms with E-state index in [1.165, 1.54) is 12.8 Å². The predicted octanol–water partition coefficient (Wildman–Crippen LogP) is 3.66. The average Bonchev–Trinajstić information content (AvgIpc) is 3.53. The summed E-state index contributed by atoms with van der Waals surface area (Å²) in [4.78, 5) is 19.0. The molecule has 2 rings (SSSR count). The van der Waals surface area contributed by atoms with Crippen LogP contribution >= 0.6 is 24.0 Å². The zero-order valence-corrected chi connectivity index (χ0v) is 20.6. The number of aliphatic imine (C=N–C) groups is 1. The van der Waals surface area contributed by atoms with Gasteiger partial charge in [0.1, 0.15) is 0 Å². The SMILES string of the molecule is CCNC(=NCc1ccc(C(=O)NC(C)CC)cc1)N(C)CCOCC1CC1.I. The molecule has 0 aliphatic heterocycles. The van der Waals surface area contributed by atoms with Crippen molar-refractivity contribution in [3.63, 3.8) is 0 Å². The molecule has 0 saturated heterocycles. The molecular weight excluding hydrogens is 479 g/mol. The van der Waals surface area contributed by atoms with Crippen LogP contribution in [0.1, 0.15) is 56.0 Å². The maximum absolute atomic E-state index is 12.2. The van der Waals surface area contributed by atoms with Crippen molar-refractivity contribution in [2.24, 2.45) is 10.9 Å². The Kier molecular flexibility index (Phi) is 12.2. The van der Waals surface area contributed by atoms with Gasteiger partial charge in [-0.05, 0) is 56.7 Å². The number of rotatable bonds is 11. The minimum Gasteiger partial charge on any atom is -0.379 e. The molecule has 1 aliphatic rings. The molecular formula is C22H37IN4O2. The van der Waals surface area contributed by atoms with E-state index in [2.05, 4.69) is 29.4 Å². The molecule has 29 heavy (non-hydrogen) atoms. The van der Waals surface area contributed by atoms with E-state index in [1.54, 1.807) is 0 Å². The molecule has 0 spiro atoms. The summed E-state index contributed by atoms with van der Waals surface area (Å²) in [5.74, 6) is 1.64. The van der Waals surface area contributed by atoms with E-state index in [0.29, 0.717) is 12.1 Å². The molecule has 1 aliphatic carbocycles. The quantitative estimate of drug-likeness (QED) is 0.204. The summed E-state index contributed by atoms with van der Waals surface area (Å²) in [7, 11) is 2.03. The fourth-order valence-electron chi connectivity index (χ4n) is 2.65. The molecule has 0 aromatic heterocycles. The number of carbonyl (C=O) groups is 1. The van der Waals surface area contributed by atoms with Gasteiger partial charge in [-0.2, -0.15) is 0 Å². The Morgan fingerprint density at radius 3 is 2.55 bits per heavy atom. The van der Waals surface area contributed by atoms with E-state index in [4.69, 9.17) is 9.73 Å². The molecule has 0 radical (unpaired) electrons. The van der Waals surface area contributed by atoms with E-state index in [-0.39, 0.29) is 35.9 Å². The first-order valence-corrected chi connectivity index (χ1v) is 10.5. The number of nitrogens with zero attached hydrogens (tertiary/aromatic N) is 2. The third-order valence-corrected chi connectivity index (χ3v) is 4.94. The van der Waals surface area contributed by atoms with Crippen molar-refractivity contribution < 1.29 is 9.53 Å². The van der Waals surface area contributed by atoms with Crippen LogP contribution < -0.4 is 10.6 Å². The molecule has 2 N–H and O–H groups in total. The summed E-state index contributed by atoms with van der Waals surface area (Å²) in [6.45, 7) is 9.95. The number of likely N-dealkylation sites (N-methyl/N-ethyl adjacent to an activating group) is 1. The smallest absolute Gasteiger partial charge is 0.251 e. The zero-order valence-electron chi connectivity index (χ0n) is 18.2. The van der Waals surface area contributed by atoms with Gasteiger partial charge in [0, 0.05) is 38.3 Å². The van der Waals surface area contributed by atoms with Gasteiger partial charge in [0.25, 0.3) is 5.91 Å². The number of guanidine groups is 1. The van der Waals surface area contributed by atoms with Gasteiger partial charge in [0.15, 0.2) is 5.96 Å². The molecule has 0 heterocycles. The number of halogens is 1. The summed E-state index contributed by atoms with van der Waals surface area (Å²) in [5.41, 5.74) is 1.76. The fourth-order valence-corrected chi connectivity index (χ4v) is 2.65. The van der Waals surface area contributed by atoms with Crippen LogP contribution in [0.2, 0.25) is 0 Å². The lowest BCUT2D eigenvalue weighted by molar-refractivity contribution is 0.0939. The lowest BCUT2D eigenvalue weighted by Crippen LogP contribution is -2.40. The van der Waals surface area contributed by atoms with Crippen LogP contribution in [-0.2, 0) is 11.3 Å². The summed E-state index contributed by atoms with van der Waals surface area (Å²) in [6.07, 6.45) is 3.56. The number of carbonyl (C=O) groups excluding carboxylic acids is 1. The average molecular weight is 516 g/mol. The number of nitrogens with one attached hydrogen (secondary N) is 2. The van der Waals surface area contributed by atoms with Gasteiger partial charge in [-0.25, -0.2) is 4.99 Å².